The highest BCUT2D eigenvalue weighted by atomic mass is 19.1. The molecule has 0 spiro atoms. The van der Waals surface area contributed by atoms with Gasteiger partial charge in [0.2, 0.25) is 5.88 Å². The molecule has 138 valence electrons. The summed E-state index contributed by atoms with van der Waals surface area (Å²) in [4.78, 5) is 27.7. The van der Waals surface area contributed by atoms with Gasteiger partial charge < -0.3 is 9.72 Å². The van der Waals surface area contributed by atoms with Crippen molar-refractivity contribution in [3.8, 4) is 17.1 Å². The molecular formula is C18H14F2N4O3. The lowest BCUT2D eigenvalue weighted by molar-refractivity contribution is 0.386. The third-order valence-electron chi connectivity index (χ3n) is 4.63. The molecule has 4 rings (SSSR count). The monoisotopic (exact) mass is 372 g/mol. The zero-order valence-electron chi connectivity index (χ0n) is 14.1. The van der Waals surface area contributed by atoms with Crippen molar-refractivity contribution in [1.29, 1.82) is 0 Å². The minimum Gasteiger partial charge on any atom is -0.480 e. The first kappa shape index (κ1) is 17.1. The van der Waals surface area contributed by atoms with Crippen LogP contribution in [0.2, 0.25) is 0 Å². The largest absolute Gasteiger partial charge is 0.480 e. The second-order valence-electron chi connectivity index (χ2n) is 6.29. The number of benzene rings is 1. The van der Waals surface area contributed by atoms with Crippen molar-refractivity contribution in [3.05, 3.63) is 74.1 Å². The minimum atomic E-state index is -0.629. The predicted octanol–water partition coefficient (Wildman–Crippen LogP) is 2.08. The molecule has 9 heteroatoms. The van der Waals surface area contributed by atoms with Crippen molar-refractivity contribution in [2.24, 2.45) is 0 Å². The predicted molar refractivity (Wildman–Crippen MR) is 91.7 cm³/mol. The first-order valence-corrected chi connectivity index (χ1v) is 8.17. The molecule has 1 fully saturated rings. The second-order valence-corrected chi connectivity index (χ2v) is 6.29. The number of hydrogen-bond acceptors (Lipinski definition) is 5. The Bertz CT molecular complexity index is 1140. The van der Waals surface area contributed by atoms with Gasteiger partial charge in [-0.1, -0.05) is 6.07 Å². The van der Waals surface area contributed by atoms with Gasteiger partial charge in [0.05, 0.1) is 12.7 Å². The van der Waals surface area contributed by atoms with Gasteiger partial charge in [0.15, 0.2) is 0 Å². The summed E-state index contributed by atoms with van der Waals surface area (Å²) in [7, 11) is 1.44. The molecule has 0 saturated heterocycles. The van der Waals surface area contributed by atoms with Crippen LogP contribution in [0.15, 0.2) is 40.1 Å². The lowest BCUT2D eigenvalue weighted by Gasteiger charge is -2.09. The third-order valence-corrected chi connectivity index (χ3v) is 4.63. The number of nitrogens with zero attached hydrogens (tertiary/aromatic N) is 2. The minimum absolute atomic E-state index is 0.101. The first-order chi connectivity index (χ1) is 13.0. The van der Waals surface area contributed by atoms with Gasteiger partial charge in [-0.3, -0.25) is 9.78 Å². The van der Waals surface area contributed by atoms with Crippen LogP contribution in [0.1, 0.15) is 29.4 Å². The Morgan fingerprint density at radius 2 is 1.89 bits per heavy atom. The third kappa shape index (κ3) is 3.12. The van der Waals surface area contributed by atoms with Crippen LogP contribution >= 0.6 is 0 Å². The lowest BCUT2D eigenvalue weighted by Crippen LogP contribution is -2.23. The van der Waals surface area contributed by atoms with E-state index in [0.717, 1.165) is 6.07 Å². The number of ether oxygens (including phenoxy) is 1. The van der Waals surface area contributed by atoms with Crippen LogP contribution in [0.3, 0.4) is 0 Å². The molecule has 0 amide bonds. The molecule has 1 saturated carbocycles. The molecule has 1 aliphatic carbocycles. The summed E-state index contributed by atoms with van der Waals surface area (Å²) in [5, 5.41) is 7.96. The maximum absolute atomic E-state index is 14.1. The highest BCUT2D eigenvalue weighted by Gasteiger charge is 2.43. The average Bonchev–Trinajstić information content (AvgIpc) is 3.41. The number of rotatable bonds is 4. The number of nitrogens with one attached hydrogen (secondary N) is 2. The summed E-state index contributed by atoms with van der Waals surface area (Å²) in [5.74, 6) is -1.20. The van der Waals surface area contributed by atoms with Crippen molar-refractivity contribution in [2.75, 3.05) is 7.11 Å². The zero-order valence-corrected chi connectivity index (χ0v) is 14.1. The van der Waals surface area contributed by atoms with Gasteiger partial charge in [0, 0.05) is 17.8 Å². The number of hydrogen-bond donors (Lipinski definition) is 2. The molecule has 2 heterocycles. The summed E-state index contributed by atoms with van der Waals surface area (Å²) in [6.45, 7) is 0. The quantitative estimate of drug-likeness (QED) is 0.730. The van der Waals surface area contributed by atoms with Crippen molar-refractivity contribution in [3.63, 3.8) is 0 Å². The zero-order chi connectivity index (χ0) is 19.1. The van der Waals surface area contributed by atoms with Gasteiger partial charge >= 0.3 is 5.69 Å². The van der Waals surface area contributed by atoms with E-state index in [2.05, 4.69) is 20.2 Å². The summed E-state index contributed by atoms with van der Waals surface area (Å²) in [6.07, 6.45) is 1.89. The molecule has 0 aliphatic heterocycles. The molecule has 2 N–H and O–H groups in total. The van der Waals surface area contributed by atoms with Crippen molar-refractivity contribution in [2.45, 2.75) is 18.3 Å². The van der Waals surface area contributed by atoms with E-state index in [1.165, 1.54) is 25.4 Å². The van der Waals surface area contributed by atoms with E-state index in [-0.39, 0.29) is 29.0 Å². The Hall–Kier alpha value is -3.36. The van der Waals surface area contributed by atoms with Crippen LogP contribution in [-0.2, 0) is 0 Å². The van der Waals surface area contributed by atoms with Crippen LogP contribution in [0.25, 0.3) is 11.3 Å². The highest BCUT2D eigenvalue weighted by Crippen LogP contribution is 2.57. The van der Waals surface area contributed by atoms with Crippen LogP contribution in [0.5, 0.6) is 5.88 Å². The maximum Gasteiger partial charge on any atom is 0.325 e. The molecule has 0 radical (unpaired) electrons. The van der Waals surface area contributed by atoms with Crippen LogP contribution in [-0.4, -0.2) is 27.3 Å². The Morgan fingerprint density at radius 1 is 1.11 bits per heavy atom. The van der Waals surface area contributed by atoms with Gasteiger partial charge in [0.1, 0.15) is 17.3 Å². The van der Waals surface area contributed by atoms with Gasteiger partial charge in [-0.05, 0) is 36.0 Å². The van der Waals surface area contributed by atoms with Gasteiger partial charge in [-0.25, -0.2) is 13.6 Å². The standard InChI is InChI=1S/C18H14F2N4O3/c1-27-17-12(11-5-10(11)9-3-2-8(19)4-14(9)20)6-15(23-24-17)13-7-21-18(26)22-16(13)25/h2-4,6-7,10-11H,5H2,1H3,(H2,21,22,25,26)/t10-,11+/m1/s1. The van der Waals surface area contributed by atoms with Crippen LogP contribution in [0, 0.1) is 11.6 Å². The molecule has 1 aliphatic rings. The van der Waals surface area contributed by atoms with Crippen LogP contribution in [0.4, 0.5) is 8.78 Å². The topological polar surface area (TPSA) is 101 Å². The smallest absolute Gasteiger partial charge is 0.325 e. The van der Waals surface area contributed by atoms with E-state index < -0.39 is 22.9 Å². The number of methoxy groups -OCH3 is 1. The molecule has 2 aromatic heterocycles. The molecule has 7 nitrogen and oxygen atoms in total. The van der Waals surface area contributed by atoms with Crippen molar-refractivity contribution in [1.82, 2.24) is 20.2 Å². The van der Waals surface area contributed by atoms with Crippen molar-refractivity contribution < 1.29 is 13.5 Å². The number of halogens is 2. The molecule has 0 unspecified atom stereocenters. The summed E-state index contributed by atoms with van der Waals surface area (Å²) >= 11 is 0. The molecule has 2 atom stereocenters. The molecule has 1 aromatic carbocycles. The summed E-state index contributed by atoms with van der Waals surface area (Å²) in [5.41, 5.74) is 0.274. The van der Waals surface area contributed by atoms with Gasteiger partial charge in [0.25, 0.3) is 5.56 Å². The fraction of sp³-hybridized carbons (Fsp3) is 0.222. The first-order valence-electron chi connectivity index (χ1n) is 8.17. The van der Waals surface area contributed by atoms with Gasteiger partial charge in [-0.15, -0.1) is 10.2 Å². The number of aromatic amines is 2. The van der Waals surface area contributed by atoms with E-state index in [4.69, 9.17) is 4.74 Å². The second kappa shape index (κ2) is 6.42. The number of aromatic nitrogens is 4. The van der Waals surface area contributed by atoms with E-state index in [9.17, 15) is 18.4 Å². The van der Waals surface area contributed by atoms with E-state index in [1.54, 1.807) is 6.07 Å². The molecule has 0 bridgehead atoms. The summed E-state index contributed by atoms with van der Waals surface area (Å²) in [6, 6.07) is 5.16. The van der Waals surface area contributed by atoms with Gasteiger partial charge in [-0.2, -0.15) is 0 Å². The fourth-order valence-corrected chi connectivity index (χ4v) is 3.24. The Labute approximate surface area is 151 Å². The number of H-pyrrole nitrogens is 2. The lowest BCUT2D eigenvalue weighted by atomic mass is 10.0. The maximum atomic E-state index is 14.1. The van der Waals surface area contributed by atoms with E-state index in [0.29, 0.717) is 17.5 Å². The highest BCUT2D eigenvalue weighted by molar-refractivity contribution is 5.59. The average molecular weight is 372 g/mol. The van der Waals surface area contributed by atoms with Crippen LogP contribution < -0.4 is 16.0 Å². The molecule has 27 heavy (non-hydrogen) atoms. The normalized spacial score (nSPS) is 18.3. The summed E-state index contributed by atoms with van der Waals surface area (Å²) < 4.78 is 32.5. The molecular weight excluding hydrogens is 358 g/mol. The van der Waals surface area contributed by atoms with E-state index >= 15 is 0 Å². The van der Waals surface area contributed by atoms with Crippen molar-refractivity contribution >= 4 is 0 Å². The Balaban J connectivity index is 1.72. The fourth-order valence-electron chi connectivity index (χ4n) is 3.24. The Kier molecular flexibility index (Phi) is 4.06. The Morgan fingerprint density at radius 3 is 2.59 bits per heavy atom. The molecule has 3 aromatic rings. The SMILES string of the molecule is COc1nnc(-c2c[nH]c(=O)[nH]c2=O)cc1[C@H]1C[C@@H]1c1ccc(F)cc1F. The van der Waals surface area contributed by atoms with E-state index in [1.807, 2.05) is 0 Å².